The van der Waals surface area contributed by atoms with Gasteiger partial charge in [-0.1, -0.05) is 11.1 Å². The second-order valence-corrected chi connectivity index (χ2v) is 9.58. The van der Waals surface area contributed by atoms with Gasteiger partial charge in [-0.3, -0.25) is 9.13 Å². The predicted octanol–water partition coefficient (Wildman–Crippen LogP) is 5.86. The normalized spacial score (nSPS) is 16.9. The predicted molar refractivity (Wildman–Crippen MR) is 96.4 cm³/mol. The van der Waals surface area contributed by atoms with Crippen molar-refractivity contribution >= 4 is 15.2 Å². The van der Waals surface area contributed by atoms with E-state index < -0.39 is 15.2 Å². The average molecular weight is 380 g/mol. The Morgan fingerprint density at radius 2 is 0.917 bits per heavy atom. The Morgan fingerprint density at radius 1 is 0.667 bits per heavy atom. The van der Waals surface area contributed by atoms with E-state index in [2.05, 4.69) is 0 Å². The summed E-state index contributed by atoms with van der Waals surface area (Å²) >= 11 is 0. The van der Waals surface area contributed by atoms with E-state index in [0.717, 1.165) is 11.1 Å². The van der Waals surface area contributed by atoms with Crippen molar-refractivity contribution in [2.75, 3.05) is 26.4 Å². The average Bonchev–Trinajstić information content (AvgIpc) is 2.50. The van der Waals surface area contributed by atoms with Crippen molar-refractivity contribution in [3.05, 3.63) is 21.8 Å². The zero-order valence-electron chi connectivity index (χ0n) is 15.6. The molecule has 0 aromatic carbocycles. The van der Waals surface area contributed by atoms with Crippen LogP contribution in [0.25, 0.3) is 0 Å². The SMILES string of the molecule is CCOP(=O)(OCC)C1=C(P(=O)(OCC)OCC)CC(C)=C(C)C1. The Kier molecular flexibility index (Phi) is 8.61. The molecule has 1 aliphatic rings. The van der Waals surface area contributed by atoms with Crippen molar-refractivity contribution < 1.29 is 27.2 Å². The van der Waals surface area contributed by atoms with Gasteiger partial charge in [-0.15, -0.1) is 0 Å². The van der Waals surface area contributed by atoms with Gasteiger partial charge < -0.3 is 18.1 Å². The van der Waals surface area contributed by atoms with Gasteiger partial charge in [-0.05, 0) is 41.5 Å². The number of rotatable bonds is 10. The molecule has 0 aromatic heterocycles. The van der Waals surface area contributed by atoms with Crippen molar-refractivity contribution in [1.82, 2.24) is 0 Å². The minimum Gasteiger partial charge on any atom is -0.306 e. The molecule has 0 atom stereocenters. The van der Waals surface area contributed by atoms with Crippen LogP contribution in [0.15, 0.2) is 21.8 Å². The van der Waals surface area contributed by atoms with Crippen LogP contribution in [-0.4, -0.2) is 26.4 Å². The Morgan fingerprint density at radius 3 is 1.12 bits per heavy atom. The lowest BCUT2D eigenvalue weighted by Gasteiger charge is -2.30. The van der Waals surface area contributed by atoms with Crippen LogP contribution in [0.1, 0.15) is 54.4 Å². The van der Waals surface area contributed by atoms with Crippen LogP contribution in [0, 0.1) is 0 Å². The lowest BCUT2D eigenvalue weighted by molar-refractivity contribution is 0.219. The molecule has 140 valence electrons. The maximum Gasteiger partial charge on any atom is 0.358 e. The lowest BCUT2D eigenvalue weighted by Crippen LogP contribution is -2.10. The first-order chi connectivity index (χ1) is 11.3. The summed E-state index contributed by atoms with van der Waals surface area (Å²) in [5, 5.41) is 0.860. The van der Waals surface area contributed by atoms with Crippen LogP contribution < -0.4 is 0 Å². The molecule has 0 spiro atoms. The van der Waals surface area contributed by atoms with Crippen LogP contribution in [0.3, 0.4) is 0 Å². The topological polar surface area (TPSA) is 71.1 Å². The van der Waals surface area contributed by atoms with Crippen molar-refractivity contribution in [2.45, 2.75) is 54.4 Å². The maximum absolute atomic E-state index is 13.3. The smallest absolute Gasteiger partial charge is 0.306 e. The molecule has 0 amide bonds. The van der Waals surface area contributed by atoms with E-state index in [1.54, 1.807) is 27.7 Å². The van der Waals surface area contributed by atoms with Crippen molar-refractivity contribution in [3.63, 3.8) is 0 Å². The highest BCUT2D eigenvalue weighted by molar-refractivity contribution is 7.63. The molecule has 0 radical (unpaired) electrons. The van der Waals surface area contributed by atoms with E-state index in [9.17, 15) is 9.13 Å². The maximum atomic E-state index is 13.3. The minimum atomic E-state index is -3.55. The third-order valence-electron chi connectivity index (χ3n) is 3.78. The van der Waals surface area contributed by atoms with Gasteiger partial charge in [0.25, 0.3) is 0 Å². The zero-order chi connectivity index (χ0) is 18.4. The summed E-state index contributed by atoms with van der Waals surface area (Å²) < 4.78 is 48.6. The number of hydrogen-bond donors (Lipinski definition) is 0. The van der Waals surface area contributed by atoms with Gasteiger partial charge in [0.1, 0.15) is 0 Å². The summed E-state index contributed by atoms with van der Waals surface area (Å²) in [5.41, 5.74) is 2.15. The first-order valence-electron chi connectivity index (χ1n) is 8.44. The molecule has 0 bridgehead atoms. The van der Waals surface area contributed by atoms with Gasteiger partial charge in [0, 0.05) is 12.8 Å². The van der Waals surface area contributed by atoms with Crippen LogP contribution in [0.5, 0.6) is 0 Å². The molecule has 0 fully saturated rings. The Labute approximate surface area is 145 Å². The largest absolute Gasteiger partial charge is 0.358 e. The standard InChI is InChI=1S/C16H30O6P2/c1-7-19-23(17,20-8-2)15-11-13(5)14(6)12-16(15)24(18,21-9-3)22-10-4/h7-12H2,1-6H3. The summed E-state index contributed by atoms with van der Waals surface area (Å²) in [6, 6.07) is 0. The number of hydrogen-bond acceptors (Lipinski definition) is 6. The summed E-state index contributed by atoms with van der Waals surface area (Å²) in [6.45, 7) is 11.9. The molecule has 0 aromatic rings. The molecule has 0 saturated heterocycles. The zero-order valence-corrected chi connectivity index (χ0v) is 17.4. The molecule has 0 heterocycles. The van der Waals surface area contributed by atoms with Crippen LogP contribution in [-0.2, 0) is 27.2 Å². The molecule has 1 rings (SSSR count). The van der Waals surface area contributed by atoms with Crippen LogP contribution in [0.4, 0.5) is 0 Å². The highest BCUT2D eigenvalue weighted by Gasteiger charge is 2.42. The van der Waals surface area contributed by atoms with Crippen molar-refractivity contribution in [2.24, 2.45) is 0 Å². The molecule has 0 N–H and O–H groups in total. The van der Waals surface area contributed by atoms with Gasteiger partial charge in [-0.2, -0.15) is 0 Å². The lowest BCUT2D eigenvalue weighted by atomic mass is 9.99. The Hall–Kier alpha value is -0.220. The molecule has 0 unspecified atom stereocenters. The van der Waals surface area contributed by atoms with Gasteiger partial charge in [0.15, 0.2) is 0 Å². The van der Waals surface area contributed by atoms with E-state index in [-0.39, 0.29) is 26.4 Å². The molecule has 0 saturated carbocycles. The second-order valence-electron chi connectivity index (χ2n) is 5.47. The fourth-order valence-electron chi connectivity index (χ4n) is 2.58. The molecule has 24 heavy (non-hydrogen) atoms. The summed E-state index contributed by atoms with van der Waals surface area (Å²) in [6.07, 6.45) is 0.783. The van der Waals surface area contributed by atoms with E-state index in [1.165, 1.54) is 0 Å². The summed E-state index contributed by atoms with van der Waals surface area (Å²) in [4.78, 5) is 0. The summed E-state index contributed by atoms with van der Waals surface area (Å²) in [5.74, 6) is 0. The fraction of sp³-hybridized carbons (Fsp3) is 0.750. The van der Waals surface area contributed by atoms with Crippen LogP contribution in [0.2, 0.25) is 0 Å². The van der Waals surface area contributed by atoms with Crippen molar-refractivity contribution in [3.8, 4) is 0 Å². The molecular weight excluding hydrogens is 350 g/mol. The van der Waals surface area contributed by atoms with Gasteiger partial charge >= 0.3 is 15.2 Å². The van der Waals surface area contributed by atoms with Crippen LogP contribution >= 0.6 is 15.2 Å². The molecule has 0 aliphatic heterocycles. The highest BCUT2D eigenvalue weighted by atomic mass is 31.2. The van der Waals surface area contributed by atoms with E-state index >= 15 is 0 Å². The molecule has 8 heteroatoms. The van der Waals surface area contributed by atoms with Gasteiger partial charge in [-0.25, -0.2) is 0 Å². The Balaban J connectivity index is 3.53. The molecule has 6 nitrogen and oxygen atoms in total. The minimum absolute atomic E-state index is 0.239. The monoisotopic (exact) mass is 380 g/mol. The highest BCUT2D eigenvalue weighted by Crippen LogP contribution is 2.69. The summed E-state index contributed by atoms with van der Waals surface area (Å²) in [7, 11) is -7.09. The fourth-order valence-corrected chi connectivity index (χ4v) is 7.10. The van der Waals surface area contributed by atoms with E-state index in [0.29, 0.717) is 23.5 Å². The number of allylic oxidation sites excluding steroid dienone is 4. The Bertz CT molecular complexity index is 523. The van der Waals surface area contributed by atoms with E-state index in [4.69, 9.17) is 18.1 Å². The first kappa shape index (κ1) is 21.8. The first-order valence-corrected chi connectivity index (χ1v) is 11.5. The molecule has 1 aliphatic carbocycles. The second kappa shape index (κ2) is 9.47. The van der Waals surface area contributed by atoms with Crippen molar-refractivity contribution in [1.29, 1.82) is 0 Å². The van der Waals surface area contributed by atoms with Gasteiger partial charge in [0.05, 0.1) is 37.1 Å². The third kappa shape index (κ3) is 4.91. The van der Waals surface area contributed by atoms with E-state index in [1.807, 2.05) is 13.8 Å². The third-order valence-corrected chi connectivity index (χ3v) is 8.53. The molecular formula is C16H30O6P2. The quantitative estimate of drug-likeness (QED) is 0.349. The van der Waals surface area contributed by atoms with Gasteiger partial charge in [0.2, 0.25) is 0 Å².